The van der Waals surface area contributed by atoms with Crippen LogP contribution < -0.4 is 0 Å². The van der Waals surface area contributed by atoms with Crippen molar-refractivity contribution in [1.82, 2.24) is 4.90 Å². The molecule has 0 spiro atoms. The summed E-state index contributed by atoms with van der Waals surface area (Å²) in [6, 6.07) is 0. The van der Waals surface area contributed by atoms with E-state index in [0.717, 1.165) is 13.0 Å². The lowest BCUT2D eigenvalue weighted by Crippen LogP contribution is -2.30. The van der Waals surface area contributed by atoms with Crippen molar-refractivity contribution in [1.29, 1.82) is 0 Å². The molecule has 106 valence electrons. The minimum atomic E-state index is -0.753. The lowest BCUT2D eigenvalue weighted by atomic mass is 10.1. The summed E-state index contributed by atoms with van der Waals surface area (Å²) in [4.78, 5) is 12.6. The van der Waals surface area contributed by atoms with E-state index >= 15 is 0 Å². The Morgan fingerprint density at radius 3 is 2.17 bits per heavy atom. The first-order chi connectivity index (χ1) is 8.70. The largest absolute Gasteiger partial charge is 0.480 e. The van der Waals surface area contributed by atoms with Crippen LogP contribution in [0.3, 0.4) is 0 Å². The van der Waals surface area contributed by atoms with E-state index in [4.69, 9.17) is 5.11 Å². The van der Waals surface area contributed by atoms with E-state index < -0.39 is 5.97 Å². The lowest BCUT2D eigenvalue weighted by Gasteiger charge is -2.17. The number of hydrogen-bond acceptors (Lipinski definition) is 2. The number of rotatable bonds is 13. The van der Waals surface area contributed by atoms with Crippen LogP contribution in [0.25, 0.3) is 0 Å². The fraction of sp³-hybridized carbons (Fsp3) is 0.800. The van der Waals surface area contributed by atoms with Gasteiger partial charge in [-0.15, -0.1) is 6.58 Å². The van der Waals surface area contributed by atoms with Gasteiger partial charge in [-0.25, -0.2) is 0 Å². The average Bonchev–Trinajstić information content (AvgIpc) is 2.32. The Morgan fingerprint density at radius 2 is 1.67 bits per heavy atom. The molecule has 0 fully saturated rings. The summed E-state index contributed by atoms with van der Waals surface area (Å²) in [5.74, 6) is -0.753. The molecule has 0 radical (unpaired) electrons. The number of carboxylic acids is 1. The van der Waals surface area contributed by atoms with E-state index in [1.807, 2.05) is 4.90 Å². The van der Waals surface area contributed by atoms with Crippen molar-refractivity contribution >= 4 is 5.97 Å². The van der Waals surface area contributed by atoms with Gasteiger partial charge >= 0.3 is 5.97 Å². The Kier molecular flexibility index (Phi) is 12.0. The minimum absolute atomic E-state index is 0.127. The highest BCUT2D eigenvalue weighted by Gasteiger charge is 2.06. The van der Waals surface area contributed by atoms with Gasteiger partial charge in [0.2, 0.25) is 0 Å². The number of unbranched alkanes of at least 4 members (excludes halogenated alkanes) is 7. The molecule has 3 nitrogen and oxygen atoms in total. The number of aliphatic carboxylic acids is 1. The number of carboxylic acid groups (broad SMARTS) is 1. The zero-order valence-electron chi connectivity index (χ0n) is 11.9. The molecule has 1 N–H and O–H groups in total. The Morgan fingerprint density at radius 1 is 1.11 bits per heavy atom. The monoisotopic (exact) mass is 255 g/mol. The van der Waals surface area contributed by atoms with Crippen molar-refractivity contribution < 1.29 is 9.90 Å². The molecule has 0 rings (SSSR count). The van der Waals surface area contributed by atoms with Gasteiger partial charge in [0.25, 0.3) is 0 Å². The maximum Gasteiger partial charge on any atom is 0.317 e. The maximum atomic E-state index is 10.6. The van der Waals surface area contributed by atoms with Crippen molar-refractivity contribution in [2.75, 3.05) is 19.6 Å². The molecular weight excluding hydrogens is 226 g/mol. The van der Waals surface area contributed by atoms with Crippen LogP contribution in [0.4, 0.5) is 0 Å². The second-order valence-electron chi connectivity index (χ2n) is 4.89. The van der Waals surface area contributed by atoms with Crippen LogP contribution in [0.2, 0.25) is 0 Å². The second kappa shape index (κ2) is 12.6. The van der Waals surface area contributed by atoms with Crippen LogP contribution in [-0.2, 0) is 4.79 Å². The molecule has 18 heavy (non-hydrogen) atoms. The van der Waals surface area contributed by atoms with Gasteiger partial charge in [-0.1, -0.05) is 57.9 Å². The van der Waals surface area contributed by atoms with Gasteiger partial charge in [0, 0.05) is 6.54 Å². The third-order valence-corrected chi connectivity index (χ3v) is 3.07. The molecule has 0 bridgehead atoms. The van der Waals surface area contributed by atoms with Crippen molar-refractivity contribution in [3.63, 3.8) is 0 Å². The highest BCUT2D eigenvalue weighted by molar-refractivity contribution is 5.69. The lowest BCUT2D eigenvalue weighted by molar-refractivity contribution is -0.138. The summed E-state index contributed by atoms with van der Waals surface area (Å²) < 4.78 is 0. The van der Waals surface area contributed by atoms with E-state index in [1.54, 1.807) is 6.08 Å². The van der Waals surface area contributed by atoms with Crippen LogP contribution in [0.1, 0.15) is 58.3 Å². The van der Waals surface area contributed by atoms with Crippen molar-refractivity contribution in [3.8, 4) is 0 Å². The highest BCUT2D eigenvalue weighted by Crippen LogP contribution is 2.08. The van der Waals surface area contributed by atoms with E-state index in [1.165, 1.54) is 44.9 Å². The van der Waals surface area contributed by atoms with E-state index in [0.29, 0.717) is 6.54 Å². The van der Waals surface area contributed by atoms with Gasteiger partial charge in [-0.2, -0.15) is 0 Å². The summed E-state index contributed by atoms with van der Waals surface area (Å²) in [5, 5.41) is 8.76. The Balaban J connectivity index is 3.42. The molecule has 0 aliphatic carbocycles. The smallest absolute Gasteiger partial charge is 0.317 e. The molecule has 0 amide bonds. The van der Waals surface area contributed by atoms with E-state index in [-0.39, 0.29) is 6.54 Å². The molecule has 0 aromatic rings. The quantitative estimate of drug-likeness (QED) is 0.403. The first-order valence-electron chi connectivity index (χ1n) is 7.25. The zero-order valence-corrected chi connectivity index (χ0v) is 11.9. The number of carbonyl (C=O) groups is 1. The van der Waals surface area contributed by atoms with E-state index in [9.17, 15) is 4.79 Å². The molecule has 0 aromatic heterocycles. The topological polar surface area (TPSA) is 40.5 Å². The molecule has 3 heteroatoms. The Bertz CT molecular complexity index is 217. The predicted octanol–water partition coefficient (Wildman–Crippen LogP) is 3.70. The first kappa shape index (κ1) is 17.2. The van der Waals surface area contributed by atoms with E-state index in [2.05, 4.69) is 13.5 Å². The van der Waals surface area contributed by atoms with Crippen molar-refractivity contribution in [2.45, 2.75) is 58.3 Å². The summed E-state index contributed by atoms with van der Waals surface area (Å²) in [7, 11) is 0. The number of nitrogens with zero attached hydrogens (tertiary/aromatic N) is 1. The summed E-state index contributed by atoms with van der Waals surface area (Å²) in [6.07, 6.45) is 12.0. The summed E-state index contributed by atoms with van der Waals surface area (Å²) >= 11 is 0. The minimum Gasteiger partial charge on any atom is -0.480 e. The van der Waals surface area contributed by atoms with Gasteiger partial charge in [0.15, 0.2) is 0 Å². The predicted molar refractivity (Wildman–Crippen MR) is 76.9 cm³/mol. The average molecular weight is 255 g/mol. The van der Waals surface area contributed by atoms with Crippen LogP contribution in [-0.4, -0.2) is 35.6 Å². The highest BCUT2D eigenvalue weighted by atomic mass is 16.4. The van der Waals surface area contributed by atoms with Gasteiger partial charge in [-0.05, 0) is 13.0 Å². The molecule has 0 aromatic carbocycles. The molecular formula is C15H29NO2. The molecule has 0 saturated carbocycles. The first-order valence-corrected chi connectivity index (χ1v) is 7.25. The van der Waals surface area contributed by atoms with Gasteiger partial charge < -0.3 is 5.11 Å². The Hall–Kier alpha value is -0.830. The van der Waals surface area contributed by atoms with Crippen LogP contribution in [0, 0.1) is 0 Å². The third kappa shape index (κ3) is 11.6. The van der Waals surface area contributed by atoms with Gasteiger partial charge in [0.1, 0.15) is 0 Å². The molecule has 0 aliphatic rings. The van der Waals surface area contributed by atoms with Crippen LogP contribution in [0.15, 0.2) is 12.7 Å². The van der Waals surface area contributed by atoms with Gasteiger partial charge in [-0.3, -0.25) is 9.69 Å². The van der Waals surface area contributed by atoms with Gasteiger partial charge in [0.05, 0.1) is 6.54 Å². The molecule has 0 heterocycles. The molecule has 0 saturated heterocycles. The summed E-state index contributed by atoms with van der Waals surface area (Å²) in [5.41, 5.74) is 0. The third-order valence-electron chi connectivity index (χ3n) is 3.07. The second-order valence-corrected chi connectivity index (χ2v) is 4.89. The summed E-state index contributed by atoms with van der Waals surface area (Å²) in [6.45, 7) is 7.56. The fourth-order valence-electron chi connectivity index (χ4n) is 2.08. The van der Waals surface area contributed by atoms with Crippen LogP contribution in [0.5, 0.6) is 0 Å². The maximum absolute atomic E-state index is 10.6. The molecule has 0 unspecified atom stereocenters. The van der Waals surface area contributed by atoms with Crippen LogP contribution >= 0.6 is 0 Å². The Labute approximate surface area is 112 Å². The zero-order chi connectivity index (χ0) is 13.6. The van der Waals surface area contributed by atoms with Crippen molar-refractivity contribution in [2.24, 2.45) is 0 Å². The molecule has 0 aliphatic heterocycles. The number of hydrogen-bond donors (Lipinski definition) is 1. The standard InChI is InChI=1S/C15H29NO2/c1-3-5-6-7-8-9-10-11-13-16(12-4-2)14-15(17)18/h4H,2-3,5-14H2,1H3,(H,17,18). The fourth-order valence-corrected chi connectivity index (χ4v) is 2.08. The normalized spacial score (nSPS) is 10.8. The molecule has 0 atom stereocenters. The van der Waals surface area contributed by atoms with Crippen molar-refractivity contribution in [3.05, 3.63) is 12.7 Å². The SMILES string of the molecule is C=CCN(CCCCCCCCCC)CC(=O)O.